The SMILES string of the molecule is CCOC(=O)[C@H]1O[C@@H](n2ccc(=O)[nH]c2=O)CC1(C)C(=O)OCC. The van der Waals surface area contributed by atoms with E-state index < -0.39 is 40.9 Å². The molecule has 1 N–H and O–H groups in total. The lowest BCUT2D eigenvalue weighted by atomic mass is 9.82. The van der Waals surface area contributed by atoms with Crippen LogP contribution >= 0.6 is 0 Å². The third kappa shape index (κ3) is 3.25. The van der Waals surface area contributed by atoms with E-state index in [9.17, 15) is 19.2 Å². The van der Waals surface area contributed by atoms with Crippen molar-refractivity contribution in [3.05, 3.63) is 33.1 Å². The molecule has 2 heterocycles. The van der Waals surface area contributed by atoms with E-state index in [4.69, 9.17) is 14.2 Å². The number of esters is 2. The maximum Gasteiger partial charge on any atom is 0.336 e. The molecular weight excluding hydrogens is 320 g/mol. The molecule has 1 unspecified atom stereocenters. The molecule has 1 aliphatic rings. The maximum atomic E-state index is 12.3. The molecule has 0 aromatic carbocycles. The van der Waals surface area contributed by atoms with Gasteiger partial charge in [-0.05, 0) is 20.8 Å². The minimum absolute atomic E-state index is 0.0290. The lowest BCUT2D eigenvalue weighted by Gasteiger charge is -2.25. The molecule has 0 saturated carbocycles. The van der Waals surface area contributed by atoms with Gasteiger partial charge in [-0.1, -0.05) is 0 Å². The number of aromatic amines is 1. The van der Waals surface area contributed by atoms with Crippen LogP contribution in [0, 0.1) is 5.41 Å². The van der Waals surface area contributed by atoms with Crippen LogP contribution in [0.5, 0.6) is 0 Å². The molecule has 1 saturated heterocycles. The van der Waals surface area contributed by atoms with E-state index in [-0.39, 0.29) is 19.6 Å². The molecule has 1 aromatic heterocycles. The van der Waals surface area contributed by atoms with Crippen LogP contribution in [0.15, 0.2) is 21.9 Å². The number of ether oxygens (including phenoxy) is 3. The van der Waals surface area contributed by atoms with Crippen LogP contribution < -0.4 is 11.2 Å². The lowest BCUT2D eigenvalue weighted by Crippen LogP contribution is -2.43. The van der Waals surface area contributed by atoms with Gasteiger partial charge in [0.25, 0.3) is 5.56 Å². The second kappa shape index (κ2) is 7.00. The topological polar surface area (TPSA) is 117 Å². The fourth-order valence-corrected chi connectivity index (χ4v) is 2.66. The van der Waals surface area contributed by atoms with Crippen LogP contribution in [0.3, 0.4) is 0 Å². The predicted octanol–water partition coefficient (Wildman–Crippen LogP) is -0.0434. The van der Waals surface area contributed by atoms with Gasteiger partial charge in [-0.25, -0.2) is 9.59 Å². The molecule has 0 aliphatic carbocycles. The molecule has 9 heteroatoms. The van der Waals surface area contributed by atoms with E-state index in [0.717, 1.165) is 10.6 Å². The Kier molecular flexibility index (Phi) is 5.23. The van der Waals surface area contributed by atoms with Crippen molar-refractivity contribution in [3.63, 3.8) is 0 Å². The van der Waals surface area contributed by atoms with E-state index >= 15 is 0 Å². The highest BCUT2D eigenvalue weighted by Gasteiger charge is 2.56. The molecule has 9 nitrogen and oxygen atoms in total. The van der Waals surface area contributed by atoms with Crippen molar-refractivity contribution in [3.8, 4) is 0 Å². The summed E-state index contributed by atoms with van der Waals surface area (Å²) in [5, 5.41) is 0. The summed E-state index contributed by atoms with van der Waals surface area (Å²) in [5.74, 6) is -1.31. The van der Waals surface area contributed by atoms with Crippen molar-refractivity contribution in [1.29, 1.82) is 0 Å². The van der Waals surface area contributed by atoms with Gasteiger partial charge >= 0.3 is 17.6 Å². The number of H-pyrrole nitrogens is 1. The molecule has 132 valence electrons. The predicted molar refractivity (Wildman–Crippen MR) is 81.2 cm³/mol. The molecule has 1 aliphatic heterocycles. The summed E-state index contributed by atoms with van der Waals surface area (Å²) < 4.78 is 16.8. The fraction of sp³-hybridized carbons (Fsp3) is 0.600. The smallest absolute Gasteiger partial charge is 0.336 e. The van der Waals surface area contributed by atoms with Crippen molar-refractivity contribution >= 4 is 11.9 Å². The van der Waals surface area contributed by atoms with Crippen molar-refractivity contribution in [2.45, 2.75) is 39.5 Å². The Morgan fingerprint density at radius 3 is 2.58 bits per heavy atom. The van der Waals surface area contributed by atoms with E-state index in [2.05, 4.69) is 4.98 Å². The molecule has 24 heavy (non-hydrogen) atoms. The third-order valence-electron chi connectivity index (χ3n) is 3.87. The van der Waals surface area contributed by atoms with Crippen LogP contribution in [-0.2, 0) is 23.8 Å². The first-order chi connectivity index (χ1) is 11.3. The highest BCUT2D eigenvalue weighted by Crippen LogP contribution is 2.44. The second-order valence-electron chi connectivity index (χ2n) is 5.58. The average molecular weight is 340 g/mol. The Morgan fingerprint density at radius 1 is 1.33 bits per heavy atom. The van der Waals surface area contributed by atoms with Crippen LogP contribution in [-0.4, -0.2) is 40.8 Å². The minimum Gasteiger partial charge on any atom is -0.465 e. The number of carbonyl (C=O) groups is 2. The summed E-state index contributed by atoms with van der Waals surface area (Å²) in [5.41, 5.74) is -2.55. The molecule has 1 fully saturated rings. The Bertz CT molecular complexity index is 738. The zero-order valence-corrected chi connectivity index (χ0v) is 13.7. The molecule has 1 aromatic rings. The van der Waals surface area contributed by atoms with Crippen LogP contribution in [0.1, 0.15) is 33.4 Å². The fourth-order valence-electron chi connectivity index (χ4n) is 2.66. The molecule has 0 spiro atoms. The number of carbonyl (C=O) groups excluding carboxylic acids is 2. The monoisotopic (exact) mass is 340 g/mol. The van der Waals surface area contributed by atoms with Gasteiger partial charge in [0.1, 0.15) is 11.6 Å². The lowest BCUT2D eigenvalue weighted by molar-refractivity contribution is -0.172. The first kappa shape index (κ1) is 17.9. The van der Waals surface area contributed by atoms with Crippen molar-refractivity contribution in [1.82, 2.24) is 9.55 Å². The number of hydrogen-bond donors (Lipinski definition) is 1. The zero-order valence-electron chi connectivity index (χ0n) is 13.7. The summed E-state index contributed by atoms with van der Waals surface area (Å²) in [6, 6.07) is 1.16. The largest absolute Gasteiger partial charge is 0.465 e. The summed E-state index contributed by atoms with van der Waals surface area (Å²) in [6.45, 7) is 5.09. The van der Waals surface area contributed by atoms with Gasteiger partial charge < -0.3 is 14.2 Å². The van der Waals surface area contributed by atoms with E-state index in [1.807, 2.05) is 0 Å². The van der Waals surface area contributed by atoms with Crippen molar-refractivity contribution in [2.75, 3.05) is 13.2 Å². The van der Waals surface area contributed by atoms with Gasteiger partial charge in [-0.2, -0.15) is 0 Å². The third-order valence-corrected chi connectivity index (χ3v) is 3.87. The summed E-state index contributed by atoms with van der Waals surface area (Å²) in [4.78, 5) is 49.7. The standard InChI is InChI=1S/C15H20N2O7/c1-4-22-12(19)11-15(3,13(20)23-5-2)8-10(24-11)17-7-6-9(18)16-14(17)21/h6-7,10-11H,4-5,8H2,1-3H3,(H,16,18,21)/t10-,11-,15?/m1/s1. The number of aromatic nitrogens is 2. The van der Waals surface area contributed by atoms with Gasteiger partial charge in [0.05, 0.1) is 13.2 Å². The van der Waals surface area contributed by atoms with Gasteiger partial charge in [-0.3, -0.25) is 19.1 Å². The molecule has 0 bridgehead atoms. The maximum absolute atomic E-state index is 12.3. The average Bonchev–Trinajstić information content (AvgIpc) is 2.87. The summed E-state index contributed by atoms with van der Waals surface area (Å²) in [7, 11) is 0. The van der Waals surface area contributed by atoms with Crippen molar-refractivity contribution in [2.24, 2.45) is 5.41 Å². The Labute approximate surface area is 137 Å². The highest BCUT2D eigenvalue weighted by atomic mass is 16.6. The van der Waals surface area contributed by atoms with Crippen LogP contribution in [0.4, 0.5) is 0 Å². The molecule has 0 amide bonds. The van der Waals surface area contributed by atoms with Crippen LogP contribution in [0.2, 0.25) is 0 Å². The van der Waals surface area contributed by atoms with Gasteiger partial charge in [0.15, 0.2) is 6.10 Å². The van der Waals surface area contributed by atoms with Gasteiger partial charge in [0.2, 0.25) is 0 Å². The van der Waals surface area contributed by atoms with Crippen LogP contribution in [0.25, 0.3) is 0 Å². The van der Waals surface area contributed by atoms with Crippen molar-refractivity contribution < 1.29 is 23.8 Å². The van der Waals surface area contributed by atoms with Gasteiger partial charge in [0, 0.05) is 18.7 Å². The highest BCUT2D eigenvalue weighted by molar-refractivity contribution is 5.87. The zero-order chi connectivity index (χ0) is 17.9. The minimum atomic E-state index is -1.30. The first-order valence-electron chi connectivity index (χ1n) is 7.64. The Hall–Kier alpha value is -2.42. The molecule has 2 rings (SSSR count). The number of nitrogens with zero attached hydrogens (tertiary/aromatic N) is 1. The first-order valence-corrected chi connectivity index (χ1v) is 7.64. The normalized spacial score (nSPS) is 26.1. The second-order valence-corrected chi connectivity index (χ2v) is 5.58. The van der Waals surface area contributed by atoms with E-state index in [1.165, 1.54) is 13.1 Å². The Morgan fingerprint density at radius 2 is 2.00 bits per heavy atom. The molecule has 0 radical (unpaired) electrons. The molecular formula is C15H20N2O7. The quantitative estimate of drug-likeness (QED) is 0.747. The molecule has 3 atom stereocenters. The van der Waals surface area contributed by atoms with E-state index in [0.29, 0.717) is 0 Å². The summed E-state index contributed by atoms with van der Waals surface area (Å²) >= 11 is 0. The number of nitrogens with one attached hydrogen (secondary N) is 1. The summed E-state index contributed by atoms with van der Waals surface area (Å²) in [6.07, 6.45) is -0.829. The number of rotatable bonds is 5. The van der Waals surface area contributed by atoms with E-state index in [1.54, 1.807) is 13.8 Å². The Balaban J connectivity index is 2.38. The van der Waals surface area contributed by atoms with Gasteiger partial charge in [-0.15, -0.1) is 0 Å². The number of hydrogen-bond acceptors (Lipinski definition) is 7.